The number of esters is 1. The molecule has 1 aromatic rings. The summed E-state index contributed by atoms with van der Waals surface area (Å²) in [5.74, 6) is -0.625. The van der Waals surface area contributed by atoms with Crippen LogP contribution in [0.1, 0.15) is 57.5 Å². The molecule has 0 bridgehead atoms. The first kappa shape index (κ1) is 21.0. The Morgan fingerprint density at radius 2 is 1.52 bits per heavy atom. The van der Waals surface area contributed by atoms with Crippen LogP contribution in [-0.4, -0.2) is 40.4 Å². The van der Waals surface area contributed by atoms with Crippen LogP contribution in [0.25, 0.3) is 0 Å². The number of hydrogen-bond donors (Lipinski definition) is 3. The van der Waals surface area contributed by atoms with Gasteiger partial charge in [-0.2, -0.15) is 0 Å². The second kappa shape index (κ2) is 7.45. The highest BCUT2D eigenvalue weighted by atomic mass is 16.6. The Morgan fingerprint density at radius 3 is 1.96 bits per heavy atom. The van der Waals surface area contributed by atoms with Gasteiger partial charge in [-0.05, 0) is 71.6 Å². The molecule has 0 atom stereocenters. The van der Waals surface area contributed by atoms with Crippen molar-refractivity contribution in [2.24, 2.45) is 0 Å². The number of anilines is 1. The van der Waals surface area contributed by atoms with Gasteiger partial charge < -0.3 is 19.5 Å². The maximum absolute atomic E-state index is 12.4. The van der Waals surface area contributed by atoms with Gasteiger partial charge in [0.1, 0.15) is 11.2 Å². The molecule has 0 aliphatic carbocycles. The van der Waals surface area contributed by atoms with E-state index in [9.17, 15) is 19.6 Å². The predicted octanol–water partition coefficient (Wildman–Crippen LogP) is 1.98. The van der Waals surface area contributed by atoms with Gasteiger partial charge in [0.15, 0.2) is 0 Å². The van der Waals surface area contributed by atoms with E-state index >= 15 is 0 Å². The van der Waals surface area contributed by atoms with Crippen molar-refractivity contribution in [2.45, 2.75) is 59.7 Å². The monoisotopic (exact) mass is 351 g/mol. The van der Waals surface area contributed by atoms with E-state index < -0.39 is 30.4 Å². The Hall–Kier alpha value is -2.06. The molecule has 138 valence electrons. The van der Waals surface area contributed by atoms with Crippen LogP contribution in [0.2, 0.25) is 0 Å². The van der Waals surface area contributed by atoms with E-state index in [2.05, 4.69) is 5.32 Å². The van der Waals surface area contributed by atoms with Crippen LogP contribution in [0.15, 0.2) is 12.1 Å². The minimum atomic E-state index is -1.80. The highest BCUT2D eigenvalue weighted by Crippen LogP contribution is 2.22. The molecule has 0 aromatic heterocycles. The third-order valence-corrected chi connectivity index (χ3v) is 2.98. The average Bonchev–Trinajstić information content (AvgIpc) is 2.36. The number of ether oxygens (including phenoxy) is 2. The fourth-order valence-corrected chi connectivity index (χ4v) is 1.97. The molecule has 0 radical (unpaired) electrons. The van der Waals surface area contributed by atoms with E-state index in [1.807, 2.05) is 0 Å². The Kier molecular flexibility index (Phi) is 6.26. The molecule has 0 aliphatic rings. The van der Waals surface area contributed by atoms with Crippen LogP contribution >= 0.6 is 0 Å². The smallest absolute Gasteiger partial charge is 0.456 e. The molecule has 3 N–H and O–H groups in total. The van der Waals surface area contributed by atoms with Crippen molar-refractivity contribution in [1.29, 1.82) is 0 Å². The van der Waals surface area contributed by atoms with Gasteiger partial charge in [-0.25, -0.2) is 9.59 Å². The van der Waals surface area contributed by atoms with Crippen molar-refractivity contribution >= 4 is 30.3 Å². The van der Waals surface area contributed by atoms with Gasteiger partial charge in [0, 0.05) is 5.69 Å². The molecule has 25 heavy (non-hydrogen) atoms. The lowest BCUT2D eigenvalue weighted by Gasteiger charge is -2.23. The first-order chi connectivity index (χ1) is 11.2. The van der Waals surface area contributed by atoms with Crippen molar-refractivity contribution in [2.75, 3.05) is 5.32 Å². The number of hydrogen-bond acceptors (Lipinski definition) is 6. The van der Waals surface area contributed by atoms with Crippen LogP contribution in [-0.2, 0) is 9.47 Å². The summed E-state index contributed by atoms with van der Waals surface area (Å²) in [4.78, 5) is 24.4. The minimum Gasteiger partial charge on any atom is -0.456 e. The van der Waals surface area contributed by atoms with Crippen molar-refractivity contribution in [3.05, 3.63) is 23.3 Å². The van der Waals surface area contributed by atoms with E-state index in [4.69, 9.17) is 9.47 Å². The van der Waals surface area contributed by atoms with E-state index in [-0.39, 0.29) is 16.7 Å². The van der Waals surface area contributed by atoms with Gasteiger partial charge in [0.2, 0.25) is 0 Å². The second-order valence-electron chi connectivity index (χ2n) is 7.74. The molecule has 0 unspecified atom stereocenters. The van der Waals surface area contributed by atoms with E-state index in [0.29, 0.717) is 5.56 Å². The topological polar surface area (TPSA) is 105 Å². The number of carbonyl (C=O) groups excluding carboxylic acids is 2. The summed E-state index contributed by atoms with van der Waals surface area (Å²) < 4.78 is 10.5. The van der Waals surface area contributed by atoms with Crippen molar-refractivity contribution < 1.29 is 29.1 Å². The molecule has 0 fully saturated rings. The molecule has 1 aromatic carbocycles. The number of carbonyl (C=O) groups is 2. The SMILES string of the molecule is Cc1c(NC(=O)OC(C)(C)C)cc(B(O)O)cc1C(=O)OC(C)(C)C. The molecule has 8 heteroatoms. The van der Waals surface area contributed by atoms with Gasteiger partial charge in [-0.15, -0.1) is 0 Å². The minimum absolute atomic E-state index is 0.0533. The summed E-state index contributed by atoms with van der Waals surface area (Å²) in [5.41, 5.74) is -0.551. The van der Waals surface area contributed by atoms with E-state index in [1.54, 1.807) is 48.5 Å². The molecule has 0 saturated carbocycles. The molecule has 7 nitrogen and oxygen atoms in total. The van der Waals surface area contributed by atoms with Crippen LogP contribution < -0.4 is 10.8 Å². The maximum atomic E-state index is 12.4. The third-order valence-electron chi connectivity index (χ3n) is 2.98. The normalized spacial score (nSPS) is 11.7. The number of benzene rings is 1. The zero-order valence-electron chi connectivity index (χ0n) is 15.8. The molecule has 0 aliphatic heterocycles. The van der Waals surface area contributed by atoms with Gasteiger partial charge in [0.25, 0.3) is 0 Å². The van der Waals surface area contributed by atoms with E-state index in [1.165, 1.54) is 12.1 Å². The standard InChI is InChI=1S/C17H26BNO6/c1-10-12(14(20)24-16(2,3)4)8-11(18(22)23)9-13(10)19-15(21)25-17(5,6)7/h8-9,22-23H,1-7H3,(H,19,21). The first-order valence-corrected chi connectivity index (χ1v) is 7.93. The average molecular weight is 351 g/mol. The lowest BCUT2D eigenvalue weighted by atomic mass is 9.78. The molecule has 0 spiro atoms. The highest BCUT2D eigenvalue weighted by molar-refractivity contribution is 6.59. The zero-order chi connectivity index (χ0) is 19.6. The largest absolute Gasteiger partial charge is 0.488 e. The lowest BCUT2D eigenvalue weighted by molar-refractivity contribution is 0.00685. The van der Waals surface area contributed by atoms with Gasteiger partial charge in [0.05, 0.1) is 5.56 Å². The fourth-order valence-electron chi connectivity index (χ4n) is 1.97. The third kappa shape index (κ3) is 6.76. The van der Waals surface area contributed by atoms with Gasteiger partial charge in [-0.1, -0.05) is 0 Å². The predicted molar refractivity (Wildman–Crippen MR) is 96.0 cm³/mol. The molecular weight excluding hydrogens is 325 g/mol. The quantitative estimate of drug-likeness (QED) is 0.568. The summed E-state index contributed by atoms with van der Waals surface area (Å²) in [6, 6.07) is 2.70. The van der Waals surface area contributed by atoms with Gasteiger partial charge in [-0.3, -0.25) is 5.32 Å². The van der Waals surface area contributed by atoms with Crippen molar-refractivity contribution in [3.63, 3.8) is 0 Å². The number of rotatable bonds is 3. The summed E-state index contributed by atoms with van der Waals surface area (Å²) in [6.45, 7) is 12.0. The molecule has 1 rings (SSSR count). The summed E-state index contributed by atoms with van der Waals surface area (Å²) in [7, 11) is -1.80. The molecule has 1 amide bonds. The van der Waals surface area contributed by atoms with Crippen LogP contribution in [0, 0.1) is 6.92 Å². The fraction of sp³-hybridized carbons (Fsp3) is 0.529. The number of nitrogens with one attached hydrogen (secondary N) is 1. The summed E-state index contributed by atoms with van der Waals surface area (Å²) in [5, 5.41) is 21.4. The first-order valence-electron chi connectivity index (χ1n) is 7.93. The summed E-state index contributed by atoms with van der Waals surface area (Å²) in [6.07, 6.45) is -0.713. The second-order valence-corrected chi connectivity index (χ2v) is 7.74. The highest BCUT2D eigenvalue weighted by Gasteiger charge is 2.25. The lowest BCUT2D eigenvalue weighted by Crippen LogP contribution is -2.33. The van der Waals surface area contributed by atoms with Crippen LogP contribution in [0.3, 0.4) is 0 Å². The Balaban J connectivity index is 3.25. The van der Waals surface area contributed by atoms with Gasteiger partial charge >= 0.3 is 19.2 Å². The Labute approximate surface area is 148 Å². The maximum Gasteiger partial charge on any atom is 0.488 e. The number of amides is 1. The Morgan fingerprint density at radius 1 is 1.00 bits per heavy atom. The Bertz CT molecular complexity index is 658. The molecular formula is C17H26BNO6. The van der Waals surface area contributed by atoms with Crippen molar-refractivity contribution in [3.8, 4) is 0 Å². The zero-order valence-corrected chi connectivity index (χ0v) is 15.8. The molecule has 0 heterocycles. The van der Waals surface area contributed by atoms with E-state index in [0.717, 1.165) is 0 Å². The van der Waals surface area contributed by atoms with Crippen LogP contribution in [0.4, 0.5) is 10.5 Å². The van der Waals surface area contributed by atoms with Crippen molar-refractivity contribution in [1.82, 2.24) is 0 Å². The molecule has 0 saturated heterocycles. The summed E-state index contributed by atoms with van der Waals surface area (Å²) >= 11 is 0. The van der Waals surface area contributed by atoms with Crippen LogP contribution in [0.5, 0.6) is 0 Å².